The SMILES string of the molecule is Cc1ccc(-c2nnn(CC(=O)N(CCCC(=O)O)Cc3ccccc3)n2)cc1. The van der Waals surface area contributed by atoms with Crippen LogP contribution in [0.1, 0.15) is 24.0 Å². The molecular weight excluding hydrogens is 370 g/mol. The van der Waals surface area contributed by atoms with Crippen LogP contribution in [0, 0.1) is 6.92 Å². The van der Waals surface area contributed by atoms with Crippen molar-refractivity contribution in [2.45, 2.75) is 32.9 Å². The highest BCUT2D eigenvalue weighted by Gasteiger charge is 2.17. The molecule has 1 heterocycles. The summed E-state index contributed by atoms with van der Waals surface area (Å²) in [4.78, 5) is 26.6. The standard InChI is InChI=1S/C21H23N5O3/c1-16-9-11-18(12-10-16)21-22-24-26(23-21)15-19(27)25(13-5-8-20(28)29)14-17-6-3-2-4-7-17/h2-4,6-7,9-12H,5,8,13-15H2,1H3,(H,28,29). The zero-order valence-corrected chi connectivity index (χ0v) is 16.2. The third-order valence-electron chi connectivity index (χ3n) is 4.43. The Labute approximate surface area is 168 Å². The molecule has 3 aromatic rings. The number of aryl methyl sites for hydroxylation is 1. The lowest BCUT2D eigenvalue weighted by Gasteiger charge is -2.22. The number of nitrogens with zero attached hydrogens (tertiary/aromatic N) is 5. The van der Waals surface area contributed by atoms with Crippen LogP contribution in [-0.4, -0.2) is 48.6 Å². The van der Waals surface area contributed by atoms with Gasteiger partial charge in [-0.25, -0.2) is 0 Å². The van der Waals surface area contributed by atoms with E-state index in [4.69, 9.17) is 5.11 Å². The molecule has 0 saturated heterocycles. The maximum atomic E-state index is 12.8. The van der Waals surface area contributed by atoms with Crippen LogP contribution in [-0.2, 0) is 22.7 Å². The summed E-state index contributed by atoms with van der Waals surface area (Å²) in [5.41, 5.74) is 2.94. The van der Waals surface area contributed by atoms with Gasteiger partial charge in [-0.15, -0.1) is 10.2 Å². The highest BCUT2D eigenvalue weighted by molar-refractivity contribution is 5.76. The van der Waals surface area contributed by atoms with Crippen molar-refractivity contribution in [2.75, 3.05) is 6.54 Å². The number of benzene rings is 2. The van der Waals surface area contributed by atoms with E-state index in [1.54, 1.807) is 4.90 Å². The van der Waals surface area contributed by atoms with Crippen molar-refractivity contribution >= 4 is 11.9 Å². The van der Waals surface area contributed by atoms with E-state index < -0.39 is 5.97 Å². The van der Waals surface area contributed by atoms with Gasteiger partial charge in [0.2, 0.25) is 11.7 Å². The molecule has 0 aliphatic rings. The molecule has 2 aromatic carbocycles. The van der Waals surface area contributed by atoms with Gasteiger partial charge in [-0.05, 0) is 24.1 Å². The molecule has 8 nitrogen and oxygen atoms in total. The Bertz CT molecular complexity index is 954. The molecule has 0 fully saturated rings. The normalized spacial score (nSPS) is 10.7. The second-order valence-electron chi connectivity index (χ2n) is 6.81. The summed E-state index contributed by atoms with van der Waals surface area (Å²) in [6.07, 6.45) is 0.394. The summed E-state index contributed by atoms with van der Waals surface area (Å²) in [6, 6.07) is 17.3. The fourth-order valence-corrected chi connectivity index (χ4v) is 2.87. The number of carboxylic acids is 1. The Balaban J connectivity index is 1.68. The number of carbonyl (C=O) groups is 2. The van der Waals surface area contributed by atoms with Gasteiger partial charge >= 0.3 is 5.97 Å². The first-order valence-corrected chi connectivity index (χ1v) is 9.39. The molecule has 0 spiro atoms. The molecule has 29 heavy (non-hydrogen) atoms. The summed E-state index contributed by atoms with van der Waals surface area (Å²) in [5.74, 6) is -0.608. The summed E-state index contributed by atoms with van der Waals surface area (Å²) in [6.45, 7) is 2.69. The van der Waals surface area contributed by atoms with Crippen molar-refractivity contribution in [2.24, 2.45) is 0 Å². The first-order valence-electron chi connectivity index (χ1n) is 9.39. The number of amides is 1. The molecule has 0 atom stereocenters. The molecule has 3 rings (SSSR count). The van der Waals surface area contributed by atoms with Crippen LogP contribution in [0.25, 0.3) is 11.4 Å². The number of carboxylic acid groups (broad SMARTS) is 1. The van der Waals surface area contributed by atoms with Gasteiger partial charge in [0.05, 0.1) is 0 Å². The number of hydrogen-bond donors (Lipinski definition) is 1. The minimum atomic E-state index is -0.877. The van der Waals surface area contributed by atoms with E-state index in [0.717, 1.165) is 16.7 Å². The lowest BCUT2D eigenvalue weighted by Crippen LogP contribution is -2.35. The highest BCUT2D eigenvalue weighted by Crippen LogP contribution is 2.14. The Hall–Kier alpha value is -3.55. The Kier molecular flexibility index (Phi) is 6.67. The predicted octanol–water partition coefficient (Wildman–Crippen LogP) is 2.54. The van der Waals surface area contributed by atoms with Crippen LogP contribution in [0.3, 0.4) is 0 Å². The zero-order chi connectivity index (χ0) is 20.6. The predicted molar refractivity (Wildman–Crippen MR) is 107 cm³/mol. The number of aliphatic carboxylic acids is 1. The summed E-state index contributed by atoms with van der Waals surface area (Å²) in [7, 11) is 0. The van der Waals surface area contributed by atoms with Crippen LogP contribution in [0.2, 0.25) is 0 Å². The molecule has 0 unspecified atom stereocenters. The molecule has 0 aliphatic carbocycles. The Morgan fingerprint density at radius 2 is 1.79 bits per heavy atom. The van der Waals surface area contributed by atoms with Crippen molar-refractivity contribution in [3.05, 3.63) is 65.7 Å². The number of rotatable bonds is 9. The highest BCUT2D eigenvalue weighted by atomic mass is 16.4. The number of hydrogen-bond acceptors (Lipinski definition) is 5. The van der Waals surface area contributed by atoms with E-state index >= 15 is 0 Å². The molecule has 1 N–H and O–H groups in total. The van der Waals surface area contributed by atoms with Gasteiger partial charge < -0.3 is 10.0 Å². The van der Waals surface area contributed by atoms with Crippen LogP contribution >= 0.6 is 0 Å². The van der Waals surface area contributed by atoms with Crippen LogP contribution in [0.4, 0.5) is 0 Å². The molecule has 0 saturated carbocycles. The quantitative estimate of drug-likeness (QED) is 0.599. The summed E-state index contributed by atoms with van der Waals surface area (Å²) in [5, 5.41) is 21.2. The van der Waals surface area contributed by atoms with Gasteiger partial charge in [0.25, 0.3) is 0 Å². The van der Waals surface area contributed by atoms with E-state index in [-0.39, 0.29) is 18.9 Å². The zero-order valence-electron chi connectivity index (χ0n) is 16.2. The van der Waals surface area contributed by atoms with E-state index in [2.05, 4.69) is 15.4 Å². The molecule has 8 heteroatoms. The fraction of sp³-hybridized carbons (Fsp3) is 0.286. The molecule has 0 radical (unpaired) electrons. The second-order valence-corrected chi connectivity index (χ2v) is 6.81. The minimum absolute atomic E-state index is 0.0116. The van der Waals surface area contributed by atoms with Crippen molar-refractivity contribution in [3.8, 4) is 11.4 Å². The van der Waals surface area contributed by atoms with Gasteiger partial charge in [-0.3, -0.25) is 9.59 Å². The molecule has 0 bridgehead atoms. The van der Waals surface area contributed by atoms with Gasteiger partial charge in [-0.1, -0.05) is 60.2 Å². The van der Waals surface area contributed by atoms with Crippen LogP contribution < -0.4 is 0 Å². The Morgan fingerprint density at radius 1 is 1.07 bits per heavy atom. The van der Waals surface area contributed by atoms with Crippen molar-refractivity contribution in [1.82, 2.24) is 25.1 Å². The largest absolute Gasteiger partial charge is 0.481 e. The Morgan fingerprint density at radius 3 is 2.48 bits per heavy atom. The maximum absolute atomic E-state index is 12.8. The first-order chi connectivity index (χ1) is 14.0. The molecule has 1 aromatic heterocycles. The van der Waals surface area contributed by atoms with E-state index in [9.17, 15) is 9.59 Å². The number of aromatic nitrogens is 4. The first kappa shape index (κ1) is 20.2. The average molecular weight is 393 g/mol. The molecule has 150 valence electrons. The molecule has 0 aliphatic heterocycles. The molecular formula is C21H23N5O3. The smallest absolute Gasteiger partial charge is 0.303 e. The fourth-order valence-electron chi connectivity index (χ4n) is 2.87. The van der Waals surface area contributed by atoms with Gasteiger partial charge in [0.1, 0.15) is 6.54 Å². The summed E-state index contributed by atoms with van der Waals surface area (Å²) >= 11 is 0. The lowest BCUT2D eigenvalue weighted by molar-refractivity contribution is -0.138. The van der Waals surface area contributed by atoms with Crippen molar-refractivity contribution in [1.29, 1.82) is 0 Å². The average Bonchev–Trinajstić information content (AvgIpc) is 3.16. The van der Waals surface area contributed by atoms with Gasteiger partial charge in [-0.2, -0.15) is 4.80 Å². The third-order valence-corrected chi connectivity index (χ3v) is 4.43. The van der Waals surface area contributed by atoms with Gasteiger partial charge in [0.15, 0.2) is 0 Å². The topological polar surface area (TPSA) is 101 Å². The monoisotopic (exact) mass is 393 g/mol. The van der Waals surface area contributed by atoms with E-state index in [0.29, 0.717) is 25.3 Å². The van der Waals surface area contributed by atoms with Gasteiger partial charge in [0, 0.05) is 25.1 Å². The van der Waals surface area contributed by atoms with E-state index in [1.807, 2.05) is 61.5 Å². The minimum Gasteiger partial charge on any atom is -0.481 e. The number of carbonyl (C=O) groups excluding carboxylic acids is 1. The van der Waals surface area contributed by atoms with Crippen LogP contribution in [0.5, 0.6) is 0 Å². The van der Waals surface area contributed by atoms with Crippen molar-refractivity contribution < 1.29 is 14.7 Å². The second kappa shape index (κ2) is 9.59. The maximum Gasteiger partial charge on any atom is 0.303 e. The van der Waals surface area contributed by atoms with Crippen molar-refractivity contribution in [3.63, 3.8) is 0 Å². The molecule has 1 amide bonds. The third kappa shape index (κ3) is 5.97. The lowest BCUT2D eigenvalue weighted by atomic mass is 10.1. The van der Waals surface area contributed by atoms with E-state index in [1.165, 1.54) is 4.80 Å². The number of tetrazole rings is 1. The summed E-state index contributed by atoms with van der Waals surface area (Å²) < 4.78 is 0. The van der Waals surface area contributed by atoms with Crippen LogP contribution in [0.15, 0.2) is 54.6 Å².